The predicted octanol–water partition coefficient (Wildman–Crippen LogP) is 5.42. The van der Waals surface area contributed by atoms with Crippen molar-refractivity contribution >= 4 is 44.4 Å². The van der Waals surface area contributed by atoms with Crippen molar-refractivity contribution < 1.29 is 27.5 Å². The van der Waals surface area contributed by atoms with Crippen molar-refractivity contribution in [2.75, 3.05) is 43.5 Å². The summed E-state index contributed by atoms with van der Waals surface area (Å²) in [6.07, 6.45) is 3.73. The Morgan fingerprint density at radius 3 is 2.45 bits per heavy atom. The molecule has 3 N–H and O–H groups in total. The molecule has 0 saturated carbocycles. The van der Waals surface area contributed by atoms with E-state index in [0.717, 1.165) is 30.1 Å². The van der Waals surface area contributed by atoms with Crippen LogP contribution < -0.4 is 20.3 Å². The molecule has 0 spiro atoms. The van der Waals surface area contributed by atoms with E-state index in [1.54, 1.807) is 39.1 Å². The van der Waals surface area contributed by atoms with Crippen molar-refractivity contribution in [3.8, 4) is 10.4 Å². The number of hydrogen-bond donors (Lipinski definition) is 3. The fourth-order valence-electron chi connectivity index (χ4n) is 5.66. The smallest absolute Gasteiger partial charge is 0.411 e. The summed E-state index contributed by atoms with van der Waals surface area (Å²) in [7, 11) is -1.98. The molecule has 2 aromatic carbocycles. The lowest BCUT2D eigenvalue weighted by atomic mass is 10.1. The summed E-state index contributed by atoms with van der Waals surface area (Å²) in [6.45, 7) is 8.25. The van der Waals surface area contributed by atoms with Gasteiger partial charge >= 0.3 is 12.2 Å². The van der Waals surface area contributed by atoms with E-state index in [-0.39, 0.29) is 23.6 Å². The van der Waals surface area contributed by atoms with Crippen LogP contribution in [0.3, 0.4) is 0 Å². The molecule has 3 aromatic rings. The number of hydrogen-bond acceptors (Lipinski definition) is 10. The van der Waals surface area contributed by atoms with Crippen LogP contribution in [0, 0.1) is 0 Å². The summed E-state index contributed by atoms with van der Waals surface area (Å²) in [4.78, 5) is 34.5. The number of carbonyl (C=O) groups is 2. The van der Waals surface area contributed by atoms with Crippen molar-refractivity contribution in [3.63, 3.8) is 0 Å². The number of likely N-dealkylation sites (N-methyl/N-ethyl adjacent to an activating group) is 1. The first-order valence-electron chi connectivity index (χ1n) is 15.9. The second kappa shape index (κ2) is 15.0. The lowest BCUT2D eigenvalue weighted by Crippen LogP contribution is -2.40. The number of amides is 2. The van der Waals surface area contributed by atoms with Gasteiger partial charge < -0.3 is 24.6 Å². The quantitative estimate of drug-likeness (QED) is 0.255. The van der Waals surface area contributed by atoms with Gasteiger partial charge in [0, 0.05) is 61.5 Å². The molecule has 1 aromatic heterocycles. The minimum Gasteiger partial charge on any atom is -0.448 e. The number of nitrogens with zero attached hydrogens (tertiary/aromatic N) is 3. The number of piperidine rings is 1. The second-order valence-corrected chi connectivity index (χ2v) is 15.7. The fraction of sp³-hybridized carbons (Fsp3) is 0.485. The Morgan fingerprint density at radius 1 is 1.02 bits per heavy atom. The molecule has 2 aliphatic rings. The average Bonchev–Trinajstić information content (AvgIpc) is 3.68. The molecule has 2 aliphatic heterocycles. The topological polar surface area (TPSA) is 142 Å². The van der Waals surface area contributed by atoms with Gasteiger partial charge in [0.2, 0.25) is 10.0 Å². The van der Waals surface area contributed by atoms with Crippen LogP contribution in [0.5, 0.6) is 0 Å². The first-order chi connectivity index (χ1) is 22.4. The maximum atomic E-state index is 13.6. The van der Waals surface area contributed by atoms with E-state index in [2.05, 4.69) is 30.1 Å². The summed E-state index contributed by atoms with van der Waals surface area (Å²) in [5.74, 6) is 0. The molecule has 5 rings (SSSR count). The normalized spacial score (nSPS) is 17.8. The van der Waals surface area contributed by atoms with Crippen LogP contribution in [0.1, 0.15) is 52.0 Å². The summed E-state index contributed by atoms with van der Waals surface area (Å²) in [6, 6.07) is 14.6. The Labute approximate surface area is 280 Å². The summed E-state index contributed by atoms with van der Waals surface area (Å²) in [5.41, 5.74) is 1.06. The lowest BCUT2D eigenvalue weighted by molar-refractivity contribution is 0.0828. The number of sulfonamides is 1. The van der Waals surface area contributed by atoms with Gasteiger partial charge in [-0.2, -0.15) is 0 Å². The van der Waals surface area contributed by atoms with E-state index >= 15 is 0 Å². The van der Waals surface area contributed by atoms with E-state index in [9.17, 15) is 18.0 Å². The molecule has 2 saturated heterocycles. The van der Waals surface area contributed by atoms with E-state index in [1.165, 1.54) is 17.4 Å². The Hall–Kier alpha value is -3.72. The van der Waals surface area contributed by atoms with Gasteiger partial charge in [-0.1, -0.05) is 47.7 Å². The van der Waals surface area contributed by atoms with Gasteiger partial charge in [0.15, 0.2) is 5.13 Å². The summed E-state index contributed by atoms with van der Waals surface area (Å²) < 4.78 is 41.1. The number of aromatic nitrogens is 1. The van der Waals surface area contributed by atoms with Gasteiger partial charge in [-0.05, 0) is 64.9 Å². The number of thiazole rings is 1. The molecule has 1 unspecified atom stereocenters. The van der Waals surface area contributed by atoms with Gasteiger partial charge in [0.1, 0.15) is 12.7 Å². The van der Waals surface area contributed by atoms with Gasteiger partial charge in [0.05, 0.1) is 9.77 Å². The zero-order valence-electron chi connectivity index (χ0n) is 27.3. The van der Waals surface area contributed by atoms with E-state index in [0.29, 0.717) is 48.6 Å². The Morgan fingerprint density at radius 2 is 1.77 bits per heavy atom. The highest BCUT2D eigenvalue weighted by Gasteiger charge is 2.29. The minimum absolute atomic E-state index is 0.0320. The van der Waals surface area contributed by atoms with E-state index in [4.69, 9.17) is 9.47 Å². The second-order valence-electron chi connectivity index (χ2n) is 13.0. The predicted molar refractivity (Wildman–Crippen MR) is 183 cm³/mol. The molecule has 254 valence electrons. The van der Waals surface area contributed by atoms with Crippen molar-refractivity contribution in [2.24, 2.45) is 0 Å². The SMILES string of the molecule is CN1CCCC1COC(=O)Nc1ccc(-c2cnc(N3CCC(OC(=O)NCc4ccccc4)CC3)s2)c(S(=O)(=O)NC(C)(C)C)c1. The third-order valence-electron chi connectivity index (χ3n) is 8.06. The third kappa shape index (κ3) is 9.66. The number of benzene rings is 2. The average molecular weight is 685 g/mol. The first-order valence-corrected chi connectivity index (χ1v) is 18.2. The van der Waals surface area contributed by atoms with Crippen LogP contribution in [0.4, 0.5) is 20.4 Å². The number of alkyl carbamates (subject to hydrolysis) is 1. The van der Waals surface area contributed by atoms with E-state index < -0.39 is 27.7 Å². The van der Waals surface area contributed by atoms with Crippen LogP contribution in [0.2, 0.25) is 0 Å². The van der Waals surface area contributed by atoms with Crippen molar-refractivity contribution in [1.82, 2.24) is 19.9 Å². The number of nitrogens with one attached hydrogen (secondary N) is 3. The van der Waals surface area contributed by atoms with Gasteiger partial charge in [-0.15, -0.1) is 0 Å². The molecule has 0 radical (unpaired) electrons. The molecular weight excluding hydrogens is 641 g/mol. The molecule has 2 amide bonds. The molecule has 1 atom stereocenters. The zero-order chi connectivity index (χ0) is 33.6. The van der Waals surface area contributed by atoms with E-state index in [1.807, 2.05) is 37.4 Å². The Balaban J connectivity index is 1.24. The Kier molecular flexibility index (Phi) is 11.1. The van der Waals surface area contributed by atoms with Crippen molar-refractivity contribution in [1.29, 1.82) is 0 Å². The molecule has 3 heterocycles. The molecule has 47 heavy (non-hydrogen) atoms. The highest BCUT2D eigenvalue weighted by atomic mass is 32.2. The Bertz CT molecular complexity index is 1630. The monoisotopic (exact) mass is 684 g/mol. The number of likely N-dealkylation sites (tertiary alicyclic amines) is 1. The molecule has 2 fully saturated rings. The zero-order valence-corrected chi connectivity index (χ0v) is 29.0. The van der Waals surface area contributed by atoms with Gasteiger partial charge in [-0.3, -0.25) is 5.32 Å². The van der Waals surface area contributed by atoms with Gasteiger partial charge in [0.25, 0.3) is 0 Å². The fourth-order valence-corrected chi connectivity index (χ4v) is 8.40. The number of ether oxygens (including phenoxy) is 2. The highest BCUT2D eigenvalue weighted by molar-refractivity contribution is 7.89. The number of carbonyl (C=O) groups excluding carboxylic acids is 2. The lowest BCUT2D eigenvalue weighted by Gasteiger charge is -2.31. The van der Waals surface area contributed by atoms with Crippen LogP contribution in [0.25, 0.3) is 10.4 Å². The molecule has 14 heteroatoms. The standard InChI is InChI=1S/C33H44N6O6S2/c1-33(2,3)37-47(42,43)29-19-24(36-32(41)44-22-25-11-8-16-38(25)4)12-13-27(29)28-21-34-30(46-28)39-17-14-26(15-18-39)45-31(40)35-20-23-9-6-5-7-10-23/h5-7,9-10,12-13,19,21,25-26,37H,8,11,14-18,20,22H2,1-4H3,(H,35,40)(H,36,41). The number of rotatable bonds is 10. The maximum Gasteiger partial charge on any atom is 0.411 e. The number of anilines is 2. The van der Waals surface area contributed by atoms with Crippen LogP contribution >= 0.6 is 11.3 Å². The minimum atomic E-state index is -3.98. The van der Waals surface area contributed by atoms with Crippen molar-refractivity contribution in [2.45, 2.75) is 75.6 Å². The van der Waals surface area contributed by atoms with Gasteiger partial charge in [-0.25, -0.2) is 27.7 Å². The molecule has 12 nitrogen and oxygen atoms in total. The molecular formula is C33H44N6O6S2. The summed E-state index contributed by atoms with van der Waals surface area (Å²) >= 11 is 1.39. The van der Waals surface area contributed by atoms with Crippen LogP contribution in [-0.4, -0.2) is 81.5 Å². The molecule has 0 bridgehead atoms. The van der Waals surface area contributed by atoms with Crippen LogP contribution in [-0.2, 0) is 26.0 Å². The summed E-state index contributed by atoms with van der Waals surface area (Å²) in [5, 5.41) is 6.25. The van der Waals surface area contributed by atoms with Crippen LogP contribution in [0.15, 0.2) is 59.6 Å². The molecule has 0 aliphatic carbocycles. The first kappa shape index (κ1) is 34.6. The highest BCUT2D eigenvalue weighted by Crippen LogP contribution is 2.37. The van der Waals surface area contributed by atoms with Crippen molar-refractivity contribution in [3.05, 3.63) is 60.3 Å². The largest absolute Gasteiger partial charge is 0.448 e. The third-order valence-corrected chi connectivity index (χ3v) is 11.0. The maximum absolute atomic E-state index is 13.6.